The number of benzene rings is 1. The zero-order chi connectivity index (χ0) is 21.2. The normalized spacial score (nSPS) is 12.1. The number of ether oxygens (including phenoxy) is 1. The van der Waals surface area contributed by atoms with Gasteiger partial charge in [0.25, 0.3) is 5.91 Å². The van der Waals surface area contributed by atoms with Crippen molar-refractivity contribution in [3.63, 3.8) is 0 Å². The second kappa shape index (κ2) is 11.2. The predicted molar refractivity (Wildman–Crippen MR) is 115 cm³/mol. The number of hydrogen-bond donors (Lipinski definition) is 1. The van der Waals surface area contributed by atoms with Crippen molar-refractivity contribution in [1.29, 1.82) is 0 Å². The molecule has 0 aliphatic heterocycles. The van der Waals surface area contributed by atoms with Crippen LogP contribution in [0.25, 0.3) is 11.8 Å². The van der Waals surface area contributed by atoms with Gasteiger partial charge in [-0.2, -0.15) is 5.10 Å². The molecule has 1 atom stereocenters. The molecular weight excluding hydrogens is 366 g/mol. The van der Waals surface area contributed by atoms with Gasteiger partial charge in [-0.3, -0.25) is 4.79 Å². The van der Waals surface area contributed by atoms with E-state index in [1.807, 2.05) is 55.8 Å². The first kappa shape index (κ1) is 22.4. The van der Waals surface area contributed by atoms with Crippen LogP contribution >= 0.6 is 0 Å². The number of aromatic nitrogens is 2. The van der Waals surface area contributed by atoms with Crippen LogP contribution in [0.1, 0.15) is 56.5 Å². The quantitative estimate of drug-likeness (QED) is 0.372. The maximum atomic E-state index is 12.0. The minimum Gasteiger partial charge on any atom is -0.452 e. The number of rotatable bonds is 10. The first-order valence-corrected chi connectivity index (χ1v) is 10.2. The Morgan fingerprint density at radius 1 is 1.21 bits per heavy atom. The smallest absolute Gasteiger partial charge is 0.331 e. The lowest BCUT2D eigenvalue weighted by Crippen LogP contribution is -2.35. The number of esters is 1. The highest BCUT2D eigenvalue weighted by Gasteiger charge is 2.12. The summed E-state index contributed by atoms with van der Waals surface area (Å²) < 4.78 is 6.90. The summed E-state index contributed by atoms with van der Waals surface area (Å²) in [6.07, 6.45) is 7.33. The monoisotopic (exact) mass is 397 g/mol. The van der Waals surface area contributed by atoms with Gasteiger partial charge < -0.3 is 10.1 Å². The van der Waals surface area contributed by atoms with Gasteiger partial charge in [0.1, 0.15) is 0 Å². The van der Waals surface area contributed by atoms with Gasteiger partial charge in [0.15, 0.2) is 6.61 Å². The van der Waals surface area contributed by atoms with Crippen LogP contribution < -0.4 is 5.32 Å². The van der Waals surface area contributed by atoms with Crippen molar-refractivity contribution in [2.45, 2.75) is 59.4 Å². The molecule has 1 heterocycles. The molecule has 156 valence electrons. The molecule has 0 bridgehead atoms. The van der Waals surface area contributed by atoms with Crippen LogP contribution in [-0.4, -0.2) is 34.3 Å². The molecule has 1 amide bonds. The summed E-state index contributed by atoms with van der Waals surface area (Å²) in [4.78, 5) is 23.9. The van der Waals surface area contributed by atoms with E-state index in [1.165, 1.54) is 6.08 Å². The van der Waals surface area contributed by atoms with Crippen LogP contribution in [0.2, 0.25) is 0 Å². The molecule has 1 N–H and O–H groups in total. The number of hydrogen-bond acceptors (Lipinski definition) is 4. The van der Waals surface area contributed by atoms with Gasteiger partial charge >= 0.3 is 5.97 Å². The van der Waals surface area contributed by atoms with Gasteiger partial charge in [-0.05, 0) is 45.4 Å². The van der Waals surface area contributed by atoms with E-state index < -0.39 is 5.97 Å². The van der Waals surface area contributed by atoms with Gasteiger partial charge in [-0.1, -0.05) is 44.4 Å². The molecule has 2 rings (SSSR count). The van der Waals surface area contributed by atoms with E-state index in [4.69, 9.17) is 4.74 Å². The second-order valence-corrected chi connectivity index (χ2v) is 7.24. The summed E-state index contributed by atoms with van der Waals surface area (Å²) in [6.45, 7) is 7.68. The molecule has 2 aromatic rings. The van der Waals surface area contributed by atoms with Crippen molar-refractivity contribution in [2.24, 2.45) is 0 Å². The Hall–Kier alpha value is -2.89. The van der Waals surface area contributed by atoms with Crippen LogP contribution in [0.15, 0.2) is 36.4 Å². The number of aryl methyl sites for hydroxylation is 1. The van der Waals surface area contributed by atoms with Gasteiger partial charge in [0, 0.05) is 23.4 Å². The lowest BCUT2D eigenvalue weighted by atomic mass is 10.1. The molecule has 0 spiro atoms. The van der Waals surface area contributed by atoms with Crippen LogP contribution in [-0.2, 0) is 14.3 Å². The topological polar surface area (TPSA) is 73.2 Å². The molecule has 6 heteroatoms. The summed E-state index contributed by atoms with van der Waals surface area (Å²) in [5.41, 5.74) is 3.56. The number of carbonyl (C=O) groups is 2. The fraction of sp³-hybridized carbons (Fsp3) is 0.435. The van der Waals surface area contributed by atoms with E-state index in [-0.39, 0.29) is 18.6 Å². The van der Waals surface area contributed by atoms with Crippen molar-refractivity contribution >= 4 is 18.0 Å². The Balaban J connectivity index is 1.88. The third-order valence-corrected chi connectivity index (χ3v) is 4.73. The third-order valence-electron chi connectivity index (χ3n) is 4.73. The number of para-hydroxylation sites is 1. The maximum Gasteiger partial charge on any atom is 0.331 e. The highest BCUT2D eigenvalue weighted by atomic mass is 16.5. The minimum absolute atomic E-state index is 0.0809. The fourth-order valence-electron chi connectivity index (χ4n) is 3.14. The molecule has 0 radical (unpaired) electrons. The number of unbranched alkanes of at least 4 members (excludes halogenated alkanes) is 2. The van der Waals surface area contributed by atoms with Crippen LogP contribution in [0.4, 0.5) is 0 Å². The lowest BCUT2D eigenvalue weighted by molar-refractivity contribution is -0.144. The predicted octanol–water partition coefficient (Wildman–Crippen LogP) is 4.13. The molecule has 0 fully saturated rings. The van der Waals surface area contributed by atoms with E-state index in [1.54, 1.807) is 6.08 Å². The average molecular weight is 398 g/mol. The minimum atomic E-state index is -0.551. The van der Waals surface area contributed by atoms with Crippen molar-refractivity contribution in [3.8, 4) is 5.69 Å². The number of nitrogens with zero attached hydrogens (tertiary/aromatic N) is 2. The molecule has 0 saturated heterocycles. The van der Waals surface area contributed by atoms with Crippen molar-refractivity contribution in [1.82, 2.24) is 15.1 Å². The highest BCUT2D eigenvalue weighted by Crippen LogP contribution is 2.19. The number of carbonyl (C=O) groups excluding carboxylic acids is 2. The first-order valence-electron chi connectivity index (χ1n) is 10.2. The Kier molecular flexibility index (Phi) is 8.65. The molecule has 0 aliphatic rings. The van der Waals surface area contributed by atoms with Crippen LogP contribution in [0.5, 0.6) is 0 Å². The fourth-order valence-corrected chi connectivity index (χ4v) is 3.14. The zero-order valence-corrected chi connectivity index (χ0v) is 17.8. The Morgan fingerprint density at radius 3 is 2.62 bits per heavy atom. The lowest BCUT2D eigenvalue weighted by Gasteiger charge is -2.13. The SMILES string of the molecule is CCCCC[C@@H](C)NC(=O)COC(=O)/C=C/c1c(C)nn(-c2ccccc2)c1C. The zero-order valence-electron chi connectivity index (χ0n) is 17.8. The molecule has 6 nitrogen and oxygen atoms in total. The van der Waals surface area contributed by atoms with Crippen LogP contribution in [0.3, 0.4) is 0 Å². The Morgan fingerprint density at radius 2 is 1.93 bits per heavy atom. The van der Waals surface area contributed by atoms with Crippen molar-refractivity contribution < 1.29 is 14.3 Å². The number of nitrogens with one attached hydrogen (secondary N) is 1. The molecule has 0 aliphatic carbocycles. The Bertz CT molecular complexity index is 841. The van der Waals surface area contributed by atoms with Crippen molar-refractivity contribution in [2.75, 3.05) is 6.61 Å². The average Bonchev–Trinajstić information content (AvgIpc) is 2.99. The van der Waals surface area contributed by atoms with E-state index in [0.29, 0.717) is 0 Å². The maximum absolute atomic E-state index is 12.0. The summed E-state index contributed by atoms with van der Waals surface area (Å²) in [5.74, 6) is -0.829. The largest absolute Gasteiger partial charge is 0.452 e. The van der Waals surface area contributed by atoms with E-state index in [2.05, 4.69) is 17.3 Å². The van der Waals surface area contributed by atoms with E-state index in [9.17, 15) is 9.59 Å². The number of amides is 1. The van der Waals surface area contributed by atoms with E-state index >= 15 is 0 Å². The molecule has 0 unspecified atom stereocenters. The molecular formula is C23H31N3O3. The second-order valence-electron chi connectivity index (χ2n) is 7.24. The van der Waals surface area contributed by atoms with Gasteiger partial charge in [-0.15, -0.1) is 0 Å². The van der Waals surface area contributed by atoms with E-state index in [0.717, 1.165) is 48.3 Å². The summed E-state index contributed by atoms with van der Waals surface area (Å²) >= 11 is 0. The Labute approximate surface area is 173 Å². The van der Waals surface area contributed by atoms with Crippen LogP contribution in [0, 0.1) is 13.8 Å². The summed E-state index contributed by atoms with van der Waals surface area (Å²) in [6, 6.07) is 9.89. The molecule has 29 heavy (non-hydrogen) atoms. The van der Waals surface area contributed by atoms with Gasteiger partial charge in [0.2, 0.25) is 0 Å². The standard InChI is InChI=1S/C23H31N3O3/c1-5-6-8-11-17(2)24-22(27)16-29-23(28)15-14-21-18(3)25-26(19(21)4)20-12-9-7-10-13-20/h7,9-10,12-15,17H,5-6,8,11,16H2,1-4H3,(H,24,27)/b15-14+/t17-/m1/s1. The molecule has 0 saturated carbocycles. The van der Waals surface area contributed by atoms with Gasteiger partial charge in [0.05, 0.1) is 11.4 Å². The highest BCUT2D eigenvalue weighted by molar-refractivity contribution is 5.89. The molecule has 1 aromatic heterocycles. The first-order chi connectivity index (χ1) is 13.9. The van der Waals surface area contributed by atoms with Crippen molar-refractivity contribution in [3.05, 3.63) is 53.4 Å². The summed E-state index contributed by atoms with van der Waals surface area (Å²) in [5, 5.41) is 7.40. The molecule has 1 aromatic carbocycles. The third kappa shape index (κ3) is 6.89. The van der Waals surface area contributed by atoms with Gasteiger partial charge in [-0.25, -0.2) is 9.48 Å². The summed E-state index contributed by atoms with van der Waals surface area (Å²) in [7, 11) is 0.